The lowest BCUT2D eigenvalue weighted by atomic mass is 10.1. The van der Waals surface area contributed by atoms with Gasteiger partial charge in [0.2, 0.25) is 0 Å². The van der Waals surface area contributed by atoms with Crippen LogP contribution in [0.1, 0.15) is 18.9 Å². The van der Waals surface area contributed by atoms with Gasteiger partial charge in [0, 0.05) is 12.0 Å². The molecule has 1 rings (SSSR count). The molecule has 0 aliphatic rings. The minimum absolute atomic E-state index is 0.432. The Bertz CT molecular complexity index is 306. The molecule has 0 N–H and O–H groups in total. The summed E-state index contributed by atoms with van der Waals surface area (Å²) < 4.78 is 50.7. The van der Waals surface area contributed by atoms with Crippen molar-refractivity contribution in [1.29, 1.82) is 0 Å². The summed E-state index contributed by atoms with van der Waals surface area (Å²) in [5, 5.41) is 0. The summed E-state index contributed by atoms with van der Waals surface area (Å²) in [7, 11) is 0. The molecule has 0 heterocycles. The minimum atomic E-state index is -3.09. The fraction of sp³-hybridized carbons (Fsp3) is 0.333. The van der Waals surface area contributed by atoms with Gasteiger partial charge in [-0.05, 0) is 18.2 Å². The second kappa shape index (κ2) is 3.36. The van der Waals surface area contributed by atoms with Gasteiger partial charge in [0.25, 0.3) is 5.92 Å². The van der Waals surface area contributed by atoms with E-state index in [-0.39, 0.29) is 0 Å². The molecular weight excluding hydrogens is 184 g/mol. The number of benzene rings is 1. The predicted molar refractivity (Wildman–Crippen MR) is 40.5 cm³/mol. The monoisotopic (exact) mass is 192 g/mol. The molecule has 0 unspecified atom stereocenters. The van der Waals surface area contributed by atoms with Gasteiger partial charge in [-0.3, -0.25) is 0 Å². The van der Waals surface area contributed by atoms with Crippen LogP contribution in [0.3, 0.4) is 0 Å². The van der Waals surface area contributed by atoms with Crippen LogP contribution in [0, 0.1) is 11.6 Å². The molecule has 13 heavy (non-hydrogen) atoms. The molecule has 0 saturated heterocycles. The molecule has 1 aromatic rings. The lowest BCUT2D eigenvalue weighted by molar-refractivity contribution is -0.00866. The van der Waals surface area contributed by atoms with Crippen LogP contribution < -0.4 is 0 Å². The van der Waals surface area contributed by atoms with Gasteiger partial charge in [0.05, 0.1) is 0 Å². The van der Waals surface area contributed by atoms with E-state index >= 15 is 0 Å². The summed E-state index contributed by atoms with van der Waals surface area (Å²) in [6.07, 6.45) is -0.432. The Balaban J connectivity index is 3.10. The van der Waals surface area contributed by atoms with E-state index in [1.54, 1.807) is 0 Å². The Morgan fingerprint density at radius 1 is 1.15 bits per heavy atom. The second-order valence-electron chi connectivity index (χ2n) is 2.69. The molecule has 0 bridgehead atoms. The zero-order valence-electron chi connectivity index (χ0n) is 6.95. The van der Waals surface area contributed by atoms with Crippen molar-refractivity contribution in [2.24, 2.45) is 0 Å². The number of alkyl halides is 2. The Hall–Kier alpha value is -1.06. The summed E-state index contributed by atoms with van der Waals surface area (Å²) in [5.74, 6) is -5.45. The third-order valence-corrected chi connectivity index (χ3v) is 1.79. The zero-order valence-corrected chi connectivity index (χ0v) is 6.95. The first kappa shape index (κ1) is 10.0. The number of hydrogen-bond donors (Lipinski definition) is 0. The molecule has 1 aromatic carbocycles. The van der Waals surface area contributed by atoms with Crippen molar-refractivity contribution in [2.75, 3.05) is 0 Å². The van der Waals surface area contributed by atoms with E-state index in [4.69, 9.17) is 0 Å². The van der Waals surface area contributed by atoms with Crippen LogP contribution in [0.2, 0.25) is 0 Å². The first-order chi connectivity index (χ1) is 5.97. The molecule has 0 nitrogen and oxygen atoms in total. The highest BCUT2D eigenvalue weighted by atomic mass is 19.3. The van der Waals surface area contributed by atoms with Gasteiger partial charge in [0.15, 0.2) is 11.6 Å². The van der Waals surface area contributed by atoms with Gasteiger partial charge >= 0.3 is 0 Å². The van der Waals surface area contributed by atoms with Crippen LogP contribution in [0.15, 0.2) is 18.2 Å². The summed E-state index contributed by atoms with van der Waals surface area (Å²) in [4.78, 5) is 0. The molecule has 0 aromatic heterocycles. The second-order valence-corrected chi connectivity index (χ2v) is 2.69. The summed E-state index contributed by atoms with van der Waals surface area (Å²) in [6.45, 7) is 1.28. The first-order valence-electron chi connectivity index (χ1n) is 3.80. The Kier molecular flexibility index (Phi) is 2.59. The van der Waals surface area contributed by atoms with E-state index in [1.165, 1.54) is 6.92 Å². The molecule has 0 atom stereocenters. The zero-order chi connectivity index (χ0) is 10.1. The largest absolute Gasteiger partial charge is 0.273 e. The van der Waals surface area contributed by atoms with Crippen LogP contribution in [-0.4, -0.2) is 0 Å². The maximum Gasteiger partial charge on any atom is 0.273 e. The normalized spacial score (nSPS) is 11.8. The minimum Gasteiger partial charge on any atom is -0.204 e. The first-order valence-corrected chi connectivity index (χ1v) is 3.80. The maximum absolute atomic E-state index is 12.9. The molecule has 0 aliphatic heterocycles. The molecule has 0 aliphatic carbocycles. The van der Waals surface area contributed by atoms with E-state index in [2.05, 4.69) is 0 Å². The third-order valence-electron chi connectivity index (χ3n) is 1.79. The van der Waals surface area contributed by atoms with E-state index in [0.717, 1.165) is 6.07 Å². The summed E-state index contributed by atoms with van der Waals surface area (Å²) in [6, 6.07) is 2.12. The van der Waals surface area contributed by atoms with Crippen LogP contribution in [0.5, 0.6) is 0 Å². The fourth-order valence-corrected chi connectivity index (χ4v) is 0.928. The average Bonchev–Trinajstić information content (AvgIpc) is 2.09. The number of rotatable bonds is 2. The highest BCUT2D eigenvalue weighted by Gasteiger charge is 2.29. The molecule has 0 radical (unpaired) electrons. The van der Waals surface area contributed by atoms with Crippen molar-refractivity contribution in [3.63, 3.8) is 0 Å². The number of halogens is 4. The van der Waals surface area contributed by atoms with Crippen molar-refractivity contribution in [3.8, 4) is 0 Å². The molecule has 0 spiro atoms. The van der Waals surface area contributed by atoms with Crippen LogP contribution in [0.25, 0.3) is 0 Å². The van der Waals surface area contributed by atoms with Gasteiger partial charge in [-0.1, -0.05) is 6.92 Å². The third kappa shape index (κ3) is 1.99. The predicted octanol–water partition coefficient (Wildman–Crippen LogP) is 3.47. The smallest absolute Gasteiger partial charge is 0.204 e. The van der Waals surface area contributed by atoms with Crippen LogP contribution in [-0.2, 0) is 5.92 Å². The Labute approximate surface area is 73.2 Å². The Morgan fingerprint density at radius 2 is 1.77 bits per heavy atom. The Morgan fingerprint density at radius 3 is 2.23 bits per heavy atom. The molecule has 4 heteroatoms. The van der Waals surface area contributed by atoms with E-state index in [1.807, 2.05) is 0 Å². The quantitative estimate of drug-likeness (QED) is 0.629. The number of hydrogen-bond acceptors (Lipinski definition) is 0. The van der Waals surface area contributed by atoms with Gasteiger partial charge in [0.1, 0.15) is 0 Å². The molecule has 0 fully saturated rings. The summed E-state index contributed by atoms with van der Waals surface area (Å²) >= 11 is 0. The van der Waals surface area contributed by atoms with Gasteiger partial charge in [-0.25, -0.2) is 17.6 Å². The SMILES string of the molecule is CCC(F)(F)c1ccc(F)c(F)c1. The molecule has 0 saturated carbocycles. The molecule has 0 amide bonds. The highest BCUT2D eigenvalue weighted by Crippen LogP contribution is 2.31. The van der Waals surface area contributed by atoms with Gasteiger partial charge in [-0.2, -0.15) is 0 Å². The van der Waals surface area contributed by atoms with Crippen molar-refractivity contribution in [1.82, 2.24) is 0 Å². The summed E-state index contributed by atoms with van der Waals surface area (Å²) in [5.41, 5.74) is -0.492. The molecule has 72 valence electrons. The van der Waals surface area contributed by atoms with Crippen molar-refractivity contribution in [3.05, 3.63) is 35.4 Å². The van der Waals surface area contributed by atoms with E-state index in [0.29, 0.717) is 12.1 Å². The average molecular weight is 192 g/mol. The maximum atomic E-state index is 12.9. The standard InChI is InChI=1S/C9H8F4/c1-2-9(12,13)6-3-4-7(10)8(11)5-6/h3-5H,2H2,1H3. The van der Waals surface area contributed by atoms with E-state index in [9.17, 15) is 17.6 Å². The van der Waals surface area contributed by atoms with Crippen molar-refractivity contribution < 1.29 is 17.6 Å². The van der Waals surface area contributed by atoms with Crippen LogP contribution >= 0.6 is 0 Å². The lowest BCUT2D eigenvalue weighted by Gasteiger charge is -2.13. The van der Waals surface area contributed by atoms with Gasteiger partial charge < -0.3 is 0 Å². The van der Waals surface area contributed by atoms with E-state index < -0.39 is 29.5 Å². The fourth-order valence-electron chi connectivity index (χ4n) is 0.928. The van der Waals surface area contributed by atoms with Crippen molar-refractivity contribution >= 4 is 0 Å². The highest BCUT2D eigenvalue weighted by molar-refractivity contribution is 5.22. The van der Waals surface area contributed by atoms with Crippen LogP contribution in [0.4, 0.5) is 17.6 Å². The lowest BCUT2D eigenvalue weighted by Crippen LogP contribution is -2.11. The topological polar surface area (TPSA) is 0 Å². The van der Waals surface area contributed by atoms with Crippen molar-refractivity contribution in [2.45, 2.75) is 19.3 Å². The van der Waals surface area contributed by atoms with Gasteiger partial charge in [-0.15, -0.1) is 0 Å². The molecular formula is C9H8F4.